The van der Waals surface area contributed by atoms with Crippen molar-refractivity contribution >= 4 is 15.9 Å². The fourth-order valence-corrected chi connectivity index (χ4v) is 3.11. The van der Waals surface area contributed by atoms with E-state index in [4.69, 9.17) is 9.84 Å². The van der Waals surface area contributed by atoms with Gasteiger partial charge >= 0.3 is 0 Å². The first kappa shape index (κ1) is 16.5. The van der Waals surface area contributed by atoms with Gasteiger partial charge in [-0.15, -0.1) is 0 Å². The van der Waals surface area contributed by atoms with Crippen molar-refractivity contribution in [1.82, 2.24) is 5.32 Å². The lowest BCUT2D eigenvalue weighted by molar-refractivity contribution is 0.246. The molecule has 1 aromatic carbocycles. The van der Waals surface area contributed by atoms with E-state index >= 15 is 0 Å². The number of nitrogens with one attached hydrogen (secondary N) is 1. The quantitative estimate of drug-likeness (QED) is 0.815. The summed E-state index contributed by atoms with van der Waals surface area (Å²) >= 11 is 3.68. The summed E-state index contributed by atoms with van der Waals surface area (Å²) < 4.78 is 6.78. The topological polar surface area (TPSA) is 41.5 Å². The molecule has 0 spiro atoms. The highest BCUT2D eigenvalue weighted by atomic mass is 79.9. The van der Waals surface area contributed by atoms with Crippen LogP contribution in [0.5, 0.6) is 5.75 Å². The Kier molecular flexibility index (Phi) is 5.42. The zero-order chi connectivity index (χ0) is 14.8. The predicted octanol–water partition coefficient (Wildman–Crippen LogP) is 3.20. The highest BCUT2D eigenvalue weighted by molar-refractivity contribution is 9.10. The standard InChI is InChI=1S/C15H24BrNO2/c1-9-10(2)14(19-6)12(11(3)13(9)16)15(4,5)7-17-8-18/h17-18H,7-8H2,1-6H3. The van der Waals surface area contributed by atoms with Crippen LogP contribution < -0.4 is 10.1 Å². The molecule has 0 saturated carbocycles. The van der Waals surface area contributed by atoms with Crippen molar-refractivity contribution in [1.29, 1.82) is 0 Å². The third-order valence-corrected chi connectivity index (χ3v) is 4.91. The van der Waals surface area contributed by atoms with Gasteiger partial charge in [-0.1, -0.05) is 29.8 Å². The summed E-state index contributed by atoms with van der Waals surface area (Å²) in [5.41, 5.74) is 4.63. The van der Waals surface area contributed by atoms with Crippen LogP contribution >= 0.6 is 15.9 Å². The first-order valence-electron chi connectivity index (χ1n) is 6.43. The zero-order valence-electron chi connectivity index (χ0n) is 12.6. The molecule has 0 aromatic heterocycles. The number of aliphatic hydroxyl groups is 1. The molecule has 3 nitrogen and oxygen atoms in total. The fraction of sp³-hybridized carbons (Fsp3) is 0.600. The average Bonchev–Trinajstić information content (AvgIpc) is 2.37. The monoisotopic (exact) mass is 329 g/mol. The Morgan fingerprint density at radius 1 is 1.16 bits per heavy atom. The van der Waals surface area contributed by atoms with Crippen LogP contribution in [0.3, 0.4) is 0 Å². The number of aliphatic hydroxyl groups excluding tert-OH is 1. The maximum absolute atomic E-state index is 8.97. The summed E-state index contributed by atoms with van der Waals surface area (Å²) in [4.78, 5) is 0. The molecular formula is C15H24BrNO2. The number of hydrogen-bond acceptors (Lipinski definition) is 3. The molecule has 0 atom stereocenters. The van der Waals surface area contributed by atoms with Crippen molar-refractivity contribution < 1.29 is 9.84 Å². The number of rotatable bonds is 5. The van der Waals surface area contributed by atoms with Gasteiger partial charge in [-0.2, -0.15) is 0 Å². The van der Waals surface area contributed by atoms with Crippen LogP contribution in [0, 0.1) is 20.8 Å². The molecule has 0 aliphatic carbocycles. The second-order valence-electron chi connectivity index (χ2n) is 5.57. The van der Waals surface area contributed by atoms with E-state index in [-0.39, 0.29) is 12.1 Å². The molecule has 0 saturated heterocycles. The number of benzene rings is 1. The van der Waals surface area contributed by atoms with Crippen LogP contribution in [-0.2, 0) is 5.41 Å². The molecular weight excluding hydrogens is 306 g/mol. The van der Waals surface area contributed by atoms with Gasteiger partial charge in [-0.05, 0) is 37.5 Å². The van der Waals surface area contributed by atoms with E-state index in [2.05, 4.69) is 55.9 Å². The molecule has 1 aromatic rings. The summed E-state index contributed by atoms with van der Waals surface area (Å²) in [7, 11) is 1.72. The van der Waals surface area contributed by atoms with Crippen LogP contribution in [-0.4, -0.2) is 25.5 Å². The molecule has 0 unspecified atom stereocenters. The summed E-state index contributed by atoms with van der Waals surface area (Å²) in [6.45, 7) is 11.3. The minimum Gasteiger partial charge on any atom is -0.496 e. The molecule has 4 heteroatoms. The molecule has 0 bridgehead atoms. The fourth-order valence-electron chi connectivity index (χ4n) is 2.61. The number of ether oxygens (including phenoxy) is 1. The largest absolute Gasteiger partial charge is 0.496 e. The minimum absolute atomic E-state index is 0.0171. The molecule has 0 aliphatic rings. The molecule has 0 fully saturated rings. The van der Waals surface area contributed by atoms with Crippen LogP contribution in [0.4, 0.5) is 0 Å². The SMILES string of the molecule is COc1c(C)c(C)c(Br)c(C)c1C(C)(C)CNCO. The third-order valence-electron chi connectivity index (χ3n) is 3.72. The second-order valence-corrected chi connectivity index (χ2v) is 6.36. The van der Waals surface area contributed by atoms with Gasteiger partial charge in [0.1, 0.15) is 5.75 Å². The molecule has 19 heavy (non-hydrogen) atoms. The van der Waals surface area contributed by atoms with Crippen LogP contribution in [0.25, 0.3) is 0 Å². The van der Waals surface area contributed by atoms with Crippen molar-refractivity contribution in [3.8, 4) is 5.75 Å². The van der Waals surface area contributed by atoms with E-state index in [0.717, 1.165) is 15.8 Å². The van der Waals surface area contributed by atoms with Crippen LogP contribution in [0.1, 0.15) is 36.1 Å². The maximum atomic E-state index is 8.97. The number of methoxy groups -OCH3 is 1. The van der Waals surface area contributed by atoms with Crippen molar-refractivity contribution in [2.45, 2.75) is 40.0 Å². The number of halogens is 1. The Balaban J connectivity index is 3.49. The summed E-state index contributed by atoms with van der Waals surface area (Å²) in [5.74, 6) is 0.947. The van der Waals surface area contributed by atoms with Gasteiger partial charge in [-0.25, -0.2) is 0 Å². The molecule has 1 rings (SSSR count). The first-order chi connectivity index (χ1) is 8.77. The van der Waals surface area contributed by atoms with E-state index in [1.54, 1.807) is 7.11 Å². The predicted molar refractivity (Wildman–Crippen MR) is 83.0 cm³/mol. The lowest BCUT2D eigenvalue weighted by Gasteiger charge is -2.31. The first-order valence-corrected chi connectivity index (χ1v) is 7.22. The van der Waals surface area contributed by atoms with Crippen molar-refractivity contribution in [3.63, 3.8) is 0 Å². The molecule has 0 amide bonds. The Labute approximate surface area is 124 Å². The second kappa shape index (κ2) is 6.25. The molecule has 0 heterocycles. The van der Waals surface area contributed by atoms with Crippen LogP contribution in [0.2, 0.25) is 0 Å². The van der Waals surface area contributed by atoms with Gasteiger partial charge < -0.3 is 9.84 Å². The molecule has 108 valence electrons. The third kappa shape index (κ3) is 3.12. The average molecular weight is 330 g/mol. The van der Waals surface area contributed by atoms with E-state index in [1.807, 2.05) is 0 Å². The lowest BCUT2D eigenvalue weighted by Crippen LogP contribution is -2.34. The summed E-state index contributed by atoms with van der Waals surface area (Å²) in [6, 6.07) is 0. The highest BCUT2D eigenvalue weighted by Gasteiger charge is 2.29. The van der Waals surface area contributed by atoms with Gasteiger partial charge in [0.25, 0.3) is 0 Å². The van der Waals surface area contributed by atoms with Crippen LogP contribution in [0.15, 0.2) is 4.47 Å². The Hall–Kier alpha value is -0.580. The van der Waals surface area contributed by atoms with Gasteiger partial charge in [0, 0.05) is 22.0 Å². The normalized spacial score (nSPS) is 11.8. The summed E-state index contributed by atoms with van der Waals surface area (Å²) in [5, 5.41) is 12.0. The van der Waals surface area contributed by atoms with Gasteiger partial charge in [-0.3, -0.25) is 5.32 Å². The minimum atomic E-state index is -0.126. The smallest absolute Gasteiger partial charge is 0.126 e. The molecule has 2 N–H and O–H groups in total. The Bertz CT molecular complexity index is 470. The van der Waals surface area contributed by atoms with Crippen molar-refractivity contribution in [2.24, 2.45) is 0 Å². The highest BCUT2D eigenvalue weighted by Crippen LogP contribution is 2.42. The molecule has 0 aliphatic heterocycles. The zero-order valence-corrected chi connectivity index (χ0v) is 14.2. The van der Waals surface area contributed by atoms with Crippen molar-refractivity contribution in [2.75, 3.05) is 20.4 Å². The van der Waals surface area contributed by atoms with Gasteiger partial charge in [0.15, 0.2) is 0 Å². The van der Waals surface area contributed by atoms with E-state index in [1.165, 1.54) is 16.7 Å². The molecule has 0 radical (unpaired) electrons. The Morgan fingerprint density at radius 2 is 1.74 bits per heavy atom. The van der Waals surface area contributed by atoms with Crippen molar-refractivity contribution in [3.05, 3.63) is 26.7 Å². The Morgan fingerprint density at radius 3 is 2.21 bits per heavy atom. The van der Waals surface area contributed by atoms with Gasteiger partial charge in [0.05, 0.1) is 13.8 Å². The number of hydrogen-bond donors (Lipinski definition) is 2. The summed E-state index contributed by atoms with van der Waals surface area (Å²) in [6.07, 6.45) is 0. The van der Waals surface area contributed by atoms with E-state index in [0.29, 0.717) is 6.54 Å². The maximum Gasteiger partial charge on any atom is 0.126 e. The lowest BCUT2D eigenvalue weighted by atomic mass is 9.79. The van der Waals surface area contributed by atoms with Gasteiger partial charge in [0.2, 0.25) is 0 Å². The van der Waals surface area contributed by atoms with E-state index in [9.17, 15) is 0 Å². The van der Waals surface area contributed by atoms with E-state index < -0.39 is 0 Å².